The topological polar surface area (TPSA) is 33.2 Å². The van der Waals surface area contributed by atoms with Crippen LogP contribution in [0.5, 0.6) is 0 Å². The molecular weight excluding hydrogens is 220 g/mol. The number of carbonyl (C=O) groups excluding carboxylic acids is 1. The highest BCUT2D eigenvalue weighted by Crippen LogP contribution is 2.15. The van der Waals surface area contributed by atoms with Gasteiger partial charge in [-0.05, 0) is 45.8 Å². The maximum Gasteiger partial charge on any atom is 0.191 e. The highest BCUT2D eigenvalue weighted by molar-refractivity contribution is 7.13. The lowest BCUT2D eigenvalue weighted by Gasteiger charge is -2.13. The van der Waals surface area contributed by atoms with Crippen LogP contribution in [-0.4, -0.2) is 35.3 Å². The average molecular weight is 238 g/mol. The summed E-state index contributed by atoms with van der Waals surface area (Å²) in [4.78, 5) is 19.4. The van der Waals surface area contributed by atoms with Crippen LogP contribution in [0.15, 0.2) is 6.20 Å². The molecule has 0 spiro atoms. The molecule has 88 valence electrons. The molecule has 1 aliphatic rings. The molecule has 0 atom stereocenters. The molecule has 1 aromatic heterocycles. The second-order valence-corrected chi connectivity index (χ2v) is 5.59. The molecule has 1 aliphatic heterocycles. The van der Waals surface area contributed by atoms with E-state index in [9.17, 15) is 4.79 Å². The Balaban J connectivity index is 1.71. The molecule has 1 fully saturated rings. The SMILES string of the molecule is Cc1cnc(C(=O)CCCN2CCCC2)s1. The number of ketones is 1. The second kappa shape index (κ2) is 5.55. The number of rotatable bonds is 5. The summed E-state index contributed by atoms with van der Waals surface area (Å²) >= 11 is 1.50. The van der Waals surface area contributed by atoms with Crippen LogP contribution >= 0.6 is 11.3 Å². The van der Waals surface area contributed by atoms with E-state index in [4.69, 9.17) is 0 Å². The Labute approximate surface area is 100 Å². The van der Waals surface area contributed by atoms with Gasteiger partial charge in [-0.25, -0.2) is 4.98 Å². The summed E-state index contributed by atoms with van der Waals surface area (Å²) < 4.78 is 0. The van der Waals surface area contributed by atoms with Gasteiger partial charge in [0, 0.05) is 17.5 Å². The number of thiazole rings is 1. The number of hydrogen-bond donors (Lipinski definition) is 0. The number of aromatic nitrogens is 1. The van der Waals surface area contributed by atoms with E-state index in [0.717, 1.165) is 17.8 Å². The summed E-state index contributed by atoms with van der Waals surface area (Å²) in [5.74, 6) is 0.206. The zero-order chi connectivity index (χ0) is 11.4. The molecule has 1 saturated heterocycles. The van der Waals surface area contributed by atoms with Gasteiger partial charge in [-0.2, -0.15) is 0 Å². The van der Waals surface area contributed by atoms with Crippen molar-refractivity contribution in [1.29, 1.82) is 0 Å². The highest BCUT2D eigenvalue weighted by Gasteiger charge is 2.13. The summed E-state index contributed by atoms with van der Waals surface area (Å²) in [5, 5.41) is 0.680. The van der Waals surface area contributed by atoms with Gasteiger partial charge >= 0.3 is 0 Å². The van der Waals surface area contributed by atoms with Crippen LogP contribution in [0.4, 0.5) is 0 Å². The van der Waals surface area contributed by atoms with Crippen LogP contribution in [0.25, 0.3) is 0 Å². The number of hydrogen-bond acceptors (Lipinski definition) is 4. The molecule has 2 rings (SSSR count). The third-order valence-electron chi connectivity index (χ3n) is 2.94. The number of carbonyl (C=O) groups is 1. The Morgan fingerprint density at radius 2 is 2.25 bits per heavy atom. The quantitative estimate of drug-likeness (QED) is 0.739. The standard InChI is InChI=1S/C12H18N2OS/c1-10-9-13-12(16-10)11(15)5-4-8-14-6-2-3-7-14/h9H,2-8H2,1H3. The first-order chi connectivity index (χ1) is 7.75. The van der Waals surface area contributed by atoms with Crippen LogP contribution in [0.2, 0.25) is 0 Å². The molecule has 0 amide bonds. The van der Waals surface area contributed by atoms with E-state index in [-0.39, 0.29) is 5.78 Å². The molecule has 1 aromatic rings. The molecule has 0 saturated carbocycles. The molecule has 0 unspecified atom stereocenters. The lowest BCUT2D eigenvalue weighted by atomic mass is 10.2. The zero-order valence-electron chi connectivity index (χ0n) is 9.74. The maximum atomic E-state index is 11.8. The molecule has 0 bridgehead atoms. The predicted molar refractivity (Wildman–Crippen MR) is 66.1 cm³/mol. The predicted octanol–water partition coefficient (Wildman–Crippen LogP) is 2.51. The molecule has 4 heteroatoms. The minimum Gasteiger partial charge on any atom is -0.303 e. The van der Waals surface area contributed by atoms with Crippen molar-refractivity contribution < 1.29 is 4.79 Å². The molecule has 0 N–H and O–H groups in total. The first kappa shape index (κ1) is 11.7. The fraction of sp³-hybridized carbons (Fsp3) is 0.667. The molecule has 16 heavy (non-hydrogen) atoms. The number of aryl methyl sites for hydroxylation is 1. The normalized spacial score (nSPS) is 16.8. The van der Waals surface area contributed by atoms with Gasteiger partial charge in [-0.15, -0.1) is 11.3 Å². The maximum absolute atomic E-state index is 11.8. The van der Waals surface area contributed by atoms with Crippen LogP contribution in [-0.2, 0) is 0 Å². The Kier molecular flexibility index (Phi) is 4.07. The third kappa shape index (κ3) is 3.12. The lowest BCUT2D eigenvalue weighted by Crippen LogP contribution is -2.20. The number of likely N-dealkylation sites (tertiary alicyclic amines) is 1. The van der Waals surface area contributed by atoms with Gasteiger partial charge in [0.05, 0.1) is 0 Å². The van der Waals surface area contributed by atoms with Crippen molar-refractivity contribution in [3.8, 4) is 0 Å². The van der Waals surface area contributed by atoms with E-state index in [1.54, 1.807) is 6.20 Å². The monoisotopic (exact) mass is 238 g/mol. The van der Waals surface area contributed by atoms with Crippen molar-refractivity contribution >= 4 is 17.1 Å². The fourth-order valence-corrected chi connectivity index (χ4v) is 2.79. The van der Waals surface area contributed by atoms with E-state index in [2.05, 4.69) is 9.88 Å². The summed E-state index contributed by atoms with van der Waals surface area (Å²) in [6.07, 6.45) is 6.03. The van der Waals surface area contributed by atoms with Crippen molar-refractivity contribution in [2.24, 2.45) is 0 Å². The summed E-state index contributed by atoms with van der Waals surface area (Å²) in [5.41, 5.74) is 0. The van der Waals surface area contributed by atoms with E-state index in [1.807, 2.05) is 6.92 Å². The molecule has 0 aromatic carbocycles. The third-order valence-corrected chi connectivity index (χ3v) is 3.89. The Bertz CT molecular complexity index is 356. The van der Waals surface area contributed by atoms with E-state index < -0.39 is 0 Å². The lowest BCUT2D eigenvalue weighted by molar-refractivity contribution is 0.0976. The van der Waals surface area contributed by atoms with E-state index in [1.165, 1.54) is 37.3 Å². The van der Waals surface area contributed by atoms with E-state index >= 15 is 0 Å². The minimum atomic E-state index is 0.206. The Morgan fingerprint density at radius 1 is 1.50 bits per heavy atom. The number of nitrogens with zero attached hydrogens (tertiary/aromatic N) is 2. The van der Waals surface area contributed by atoms with Gasteiger partial charge in [0.25, 0.3) is 0 Å². The molecule has 3 nitrogen and oxygen atoms in total. The Morgan fingerprint density at radius 3 is 2.88 bits per heavy atom. The second-order valence-electron chi connectivity index (χ2n) is 4.35. The molecule has 0 radical (unpaired) electrons. The van der Waals surface area contributed by atoms with Crippen molar-refractivity contribution in [2.75, 3.05) is 19.6 Å². The van der Waals surface area contributed by atoms with Crippen molar-refractivity contribution in [3.63, 3.8) is 0 Å². The van der Waals surface area contributed by atoms with Gasteiger partial charge in [-0.3, -0.25) is 4.79 Å². The number of Topliss-reactive ketones (excluding diaryl/α,β-unsaturated/α-hetero) is 1. The van der Waals surface area contributed by atoms with Crippen LogP contribution < -0.4 is 0 Å². The average Bonchev–Trinajstić information content (AvgIpc) is 2.89. The van der Waals surface area contributed by atoms with Crippen LogP contribution in [0.1, 0.15) is 40.4 Å². The molecular formula is C12H18N2OS. The first-order valence-electron chi connectivity index (χ1n) is 5.94. The molecule has 2 heterocycles. The zero-order valence-corrected chi connectivity index (χ0v) is 10.6. The van der Waals surface area contributed by atoms with Gasteiger partial charge in [0.1, 0.15) is 0 Å². The minimum absolute atomic E-state index is 0.206. The molecule has 0 aliphatic carbocycles. The van der Waals surface area contributed by atoms with Crippen molar-refractivity contribution in [1.82, 2.24) is 9.88 Å². The summed E-state index contributed by atoms with van der Waals surface area (Å²) in [6, 6.07) is 0. The van der Waals surface area contributed by atoms with Gasteiger partial charge in [0.2, 0.25) is 0 Å². The van der Waals surface area contributed by atoms with Gasteiger partial charge in [0.15, 0.2) is 10.8 Å². The van der Waals surface area contributed by atoms with Crippen LogP contribution in [0, 0.1) is 6.92 Å². The fourth-order valence-electron chi connectivity index (χ4n) is 2.06. The summed E-state index contributed by atoms with van der Waals surface area (Å²) in [6.45, 7) is 5.48. The van der Waals surface area contributed by atoms with Crippen molar-refractivity contribution in [3.05, 3.63) is 16.1 Å². The van der Waals surface area contributed by atoms with Gasteiger partial charge < -0.3 is 4.90 Å². The van der Waals surface area contributed by atoms with E-state index in [0.29, 0.717) is 11.4 Å². The largest absolute Gasteiger partial charge is 0.303 e. The van der Waals surface area contributed by atoms with Gasteiger partial charge in [-0.1, -0.05) is 0 Å². The first-order valence-corrected chi connectivity index (χ1v) is 6.75. The highest BCUT2D eigenvalue weighted by atomic mass is 32.1. The summed E-state index contributed by atoms with van der Waals surface area (Å²) in [7, 11) is 0. The Hall–Kier alpha value is -0.740. The van der Waals surface area contributed by atoms with Crippen molar-refractivity contribution in [2.45, 2.75) is 32.6 Å². The van der Waals surface area contributed by atoms with Crippen LogP contribution in [0.3, 0.4) is 0 Å². The smallest absolute Gasteiger partial charge is 0.191 e.